The Kier molecular flexibility index (Phi) is 5.12. The zero-order valence-corrected chi connectivity index (χ0v) is 12.5. The second-order valence-electron chi connectivity index (χ2n) is 4.80. The van der Waals surface area contributed by atoms with Crippen LogP contribution in [-0.4, -0.2) is 5.91 Å². The molecule has 5 heteroatoms. The summed E-state index contributed by atoms with van der Waals surface area (Å²) in [5, 5.41) is 23.7. The molecule has 0 bridgehead atoms. The van der Waals surface area contributed by atoms with Crippen molar-refractivity contribution in [2.24, 2.45) is 0 Å². The summed E-state index contributed by atoms with van der Waals surface area (Å²) < 4.78 is 0. The van der Waals surface area contributed by atoms with Crippen molar-refractivity contribution in [1.29, 1.82) is 10.5 Å². The average molecular weight is 302 g/mol. The molecule has 0 aromatic heterocycles. The molecule has 0 aliphatic rings. The van der Waals surface area contributed by atoms with E-state index in [-0.39, 0.29) is 5.57 Å². The van der Waals surface area contributed by atoms with Gasteiger partial charge in [-0.1, -0.05) is 24.3 Å². The normalized spacial score (nSPS) is 10.3. The van der Waals surface area contributed by atoms with Gasteiger partial charge in [-0.25, -0.2) is 0 Å². The maximum absolute atomic E-state index is 12.1. The van der Waals surface area contributed by atoms with Crippen LogP contribution in [-0.2, 0) is 4.79 Å². The van der Waals surface area contributed by atoms with Crippen molar-refractivity contribution < 1.29 is 4.79 Å². The molecule has 0 spiro atoms. The van der Waals surface area contributed by atoms with Crippen molar-refractivity contribution in [3.63, 3.8) is 0 Å². The van der Waals surface area contributed by atoms with Gasteiger partial charge < -0.3 is 10.6 Å². The van der Waals surface area contributed by atoms with Gasteiger partial charge in [0, 0.05) is 11.9 Å². The van der Waals surface area contributed by atoms with Crippen molar-refractivity contribution in [1.82, 2.24) is 0 Å². The molecular formula is C18H14N4O. The fraction of sp³-hybridized carbons (Fsp3) is 0.0556. The molecule has 2 aromatic rings. The lowest BCUT2D eigenvalue weighted by atomic mass is 10.2. The average Bonchev–Trinajstić information content (AvgIpc) is 2.55. The van der Waals surface area contributed by atoms with Crippen LogP contribution < -0.4 is 10.6 Å². The fourth-order valence-electron chi connectivity index (χ4n) is 1.93. The number of rotatable bonds is 4. The maximum Gasteiger partial charge on any atom is 0.267 e. The van der Waals surface area contributed by atoms with Crippen LogP contribution in [0.5, 0.6) is 0 Å². The van der Waals surface area contributed by atoms with E-state index < -0.39 is 5.91 Å². The second-order valence-corrected chi connectivity index (χ2v) is 4.80. The molecule has 23 heavy (non-hydrogen) atoms. The number of carbonyl (C=O) groups is 1. The van der Waals surface area contributed by atoms with Gasteiger partial charge >= 0.3 is 0 Å². The van der Waals surface area contributed by atoms with Crippen molar-refractivity contribution in [2.75, 3.05) is 10.6 Å². The van der Waals surface area contributed by atoms with Gasteiger partial charge in [0.15, 0.2) is 0 Å². The molecule has 0 unspecified atom stereocenters. The van der Waals surface area contributed by atoms with E-state index in [9.17, 15) is 4.79 Å². The first-order valence-corrected chi connectivity index (χ1v) is 6.88. The third kappa shape index (κ3) is 4.20. The predicted molar refractivity (Wildman–Crippen MR) is 88.3 cm³/mol. The highest BCUT2D eigenvalue weighted by Gasteiger charge is 2.09. The minimum absolute atomic E-state index is 0.0840. The molecule has 5 nitrogen and oxygen atoms in total. The Morgan fingerprint density at radius 2 is 1.91 bits per heavy atom. The van der Waals surface area contributed by atoms with E-state index in [1.807, 2.05) is 37.3 Å². The van der Waals surface area contributed by atoms with Gasteiger partial charge in [-0.2, -0.15) is 10.5 Å². The van der Waals surface area contributed by atoms with Crippen LogP contribution in [0.2, 0.25) is 0 Å². The van der Waals surface area contributed by atoms with Gasteiger partial charge in [-0.3, -0.25) is 4.79 Å². The lowest BCUT2D eigenvalue weighted by Crippen LogP contribution is -2.14. The van der Waals surface area contributed by atoms with Crippen molar-refractivity contribution in [3.05, 3.63) is 71.4 Å². The molecule has 0 heterocycles. The SMILES string of the molecule is Cc1cccc(NC(=O)/C(C#N)=C\Nc2ccccc2C#N)c1. The van der Waals surface area contributed by atoms with Crippen LogP contribution in [0, 0.1) is 29.6 Å². The van der Waals surface area contributed by atoms with Gasteiger partial charge in [0.2, 0.25) is 0 Å². The molecule has 0 aliphatic carbocycles. The van der Waals surface area contributed by atoms with Crippen molar-refractivity contribution >= 4 is 17.3 Å². The molecule has 2 aromatic carbocycles. The van der Waals surface area contributed by atoms with Crippen LogP contribution in [0.4, 0.5) is 11.4 Å². The Morgan fingerprint density at radius 3 is 2.61 bits per heavy atom. The zero-order valence-electron chi connectivity index (χ0n) is 12.5. The number of nitrogens with zero attached hydrogens (tertiary/aromatic N) is 2. The molecule has 0 fully saturated rings. The molecule has 112 valence electrons. The third-order valence-corrected chi connectivity index (χ3v) is 3.06. The summed E-state index contributed by atoms with van der Waals surface area (Å²) in [6.45, 7) is 1.91. The summed E-state index contributed by atoms with van der Waals surface area (Å²) in [7, 11) is 0. The molecule has 0 aliphatic heterocycles. The fourth-order valence-corrected chi connectivity index (χ4v) is 1.93. The van der Waals surface area contributed by atoms with Crippen LogP contribution in [0.3, 0.4) is 0 Å². The highest BCUT2D eigenvalue weighted by Crippen LogP contribution is 2.15. The van der Waals surface area contributed by atoms with E-state index in [4.69, 9.17) is 10.5 Å². The Labute approximate surface area is 134 Å². The predicted octanol–water partition coefficient (Wildman–Crippen LogP) is 3.32. The van der Waals surface area contributed by atoms with Crippen molar-refractivity contribution in [2.45, 2.75) is 6.92 Å². The first-order chi connectivity index (χ1) is 11.1. The lowest BCUT2D eigenvalue weighted by molar-refractivity contribution is -0.112. The molecule has 0 saturated carbocycles. The number of hydrogen-bond donors (Lipinski definition) is 2. The molecule has 0 saturated heterocycles. The number of nitriles is 2. The van der Waals surface area contributed by atoms with E-state index in [2.05, 4.69) is 10.6 Å². The highest BCUT2D eigenvalue weighted by molar-refractivity contribution is 6.06. The number of nitrogens with one attached hydrogen (secondary N) is 2. The summed E-state index contributed by atoms with van der Waals surface area (Å²) in [5.41, 5.74) is 2.51. The molecule has 2 N–H and O–H groups in total. The number of anilines is 2. The van der Waals surface area contributed by atoms with Gasteiger partial charge in [-0.05, 0) is 36.8 Å². The Hall–Kier alpha value is -3.57. The lowest BCUT2D eigenvalue weighted by Gasteiger charge is -2.06. The zero-order chi connectivity index (χ0) is 16.7. The summed E-state index contributed by atoms with van der Waals surface area (Å²) in [6.07, 6.45) is 1.29. The Morgan fingerprint density at radius 1 is 1.13 bits per heavy atom. The standard InChI is InChI=1S/C18H14N4O/c1-13-5-4-7-16(9-13)22-18(23)15(11-20)12-21-17-8-3-2-6-14(17)10-19/h2-9,12,21H,1H3,(H,22,23)/b15-12-. The first kappa shape index (κ1) is 15.8. The van der Waals surface area contributed by atoms with Gasteiger partial charge in [0.1, 0.15) is 17.7 Å². The molecule has 0 radical (unpaired) electrons. The summed E-state index contributed by atoms with van der Waals surface area (Å²) in [6, 6.07) is 18.0. The number of amides is 1. The highest BCUT2D eigenvalue weighted by atomic mass is 16.1. The number of benzene rings is 2. The smallest absolute Gasteiger partial charge is 0.267 e. The van der Waals surface area contributed by atoms with Crippen LogP contribution >= 0.6 is 0 Å². The minimum atomic E-state index is -0.514. The topological polar surface area (TPSA) is 88.7 Å². The molecule has 1 amide bonds. The van der Waals surface area contributed by atoms with Crippen LogP contribution in [0.1, 0.15) is 11.1 Å². The monoisotopic (exact) mass is 302 g/mol. The van der Waals surface area contributed by atoms with Crippen LogP contribution in [0.15, 0.2) is 60.3 Å². The largest absolute Gasteiger partial charge is 0.359 e. The van der Waals surface area contributed by atoms with Gasteiger partial charge in [0.05, 0.1) is 11.3 Å². The molecule has 0 atom stereocenters. The Balaban J connectivity index is 2.14. The third-order valence-electron chi connectivity index (χ3n) is 3.06. The van der Waals surface area contributed by atoms with E-state index in [0.717, 1.165) is 5.56 Å². The summed E-state index contributed by atoms with van der Waals surface area (Å²) in [4.78, 5) is 12.1. The second kappa shape index (κ2) is 7.44. The maximum atomic E-state index is 12.1. The number of carbonyl (C=O) groups excluding carboxylic acids is 1. The van der Waals surface area contributed by atoms with E-state index in [1.54, 1.807) is 30.3 Å². The summed E-state index contributed by atoms with van der Waals surface area (Å²) >= 11 is 0. The van der Waals surface area contributed by atoms with Gasteiger partial charge in [0.25, 0.3) is 5.91 Å². The number of hydrogen-bond acceptors (Lipinski definition) is 4. The number of aryl methyl sites for hydroxylation is 1. The van der Waals surface area contributed by atoms with E-state index in [0.29, 0.717) is 16.9 Å². The van der Waals surface area contributed by atoms with Crippen molar-refractivity contribution in [3.8, 4) is 12.1 Å². The van der Waals surface area contributed by atoms with Gasteiger partial charge in [-0.15, -0.1) is 0 Å². The van der Waals surface area contributed by atoms with E-state index >= 15 is 0 Å². The minimum Gasteiger partial charge on any atom is -0.359 e. The Bertz CT molecular complexity index is 841. The molecule has 2 rings (SSSR count). The first-order valence-electron chi connectivity index (χ1n) is 6.88. The number of para-hydroxylation sites is 1. The molecular weight excluding hydrogens is 288 g/mol. The quantitative estimate of drug-likeness (QED) is 0.669. The van der Waals surface area contributed by atoms with Crippen LogP contribution in [0.25, 0.3) is 0 Å². The summed E-state index contributed by atoms with van der Waals surface area (Å²) in [5.74, 6) is -0.514. The van der Waals surface area contributed by atoms with E-state index in [1.165, 1.54) is 6.20 Å².